The minimum Gasteiger partial charge on any atom is -0.370 e. The van der Waals surface area contributed by atoms with E-state index in [2.05, 4.69) is 26.2 Å². The fourth-order valence-corrected chi connectivity index (χ4v) is 1.57. The van der Waals surface area contributed by atoms with Gasteiger partial charge in [0.15, 0.2) is 5.96 Å². The summed E-state index contributed by atoms with van der Waals surface area (Å²) in [6, 6.07) is 3.78. The van der Waals surface area contributed by atoms with Crippen molar-refractivity contribution in [1.29, 1.82) is 0 Å². The Morgan fingerprint density at radius 2 is 2.12 bits per heavy atom. The van der Waals surface area contributed by atoms with Crippen LogP contribution in [-0.4, -0.2) is 12.5 Å². The Labute approximate surface area is 105 Å². The van der Waals surface area contributed by atoms with Gasteiger partial charge in [-0.25, -0.2) is 0 Å². The molecule has 0 radical (unpaired) electrons. The van der Waals surface area contributed by atoms with E-state index in [1.54, 1.807) is 6.92 Å². The Morgan fingerprint density at radius 3 is 2.65 bits per heavy atom. The molecule has 1 aromatic carbocycles. The van der Waals surface area contributed by atoms with Crippen molar-refractivity contribution in [1.82, 2.24) is 0 Å². The molecule has 1 aromatic rings. The number of anilines is 1. The number of alkyl halides is 3. The molecule has 94 valence electrons. The number of benzene rings is 1. The van der Waals surface area contributed by atoms with Crippen molar-refractivity contribution in [3.63, 3.8) is 0 Å². The molecule has 0 heterocycles. The largest absolute Gasteiger partial charge is 0.418 e. The number of rotatable bonds is 2. The monoisotopic (exact) mass is 309 g/mol. The van der Waals surface area contributed by atoms with Gasteiger partial charge in [-0.1, -0.05) is 15.9 Å². The summed E-state index contributed by atoms with van der Waals surface area (Å²) in [5, 5.41) is 2.43. The molecule has 7 heteroatoms. The number of aliphatic imine (C=N–C) groups is 1. The number of hydrogen-bond donors (Lipinski definition) is 2. The summed E-state index contributed by atoms with van der Waals surface area (Å²) in [5.41, 5.74) is 4.52. The Hall–Kier alpha value is -1.24. The summed E-state index contributed by atoms with van der Waals surface area (Å²) in [4.78, 5) is 3.77. The first-order chi connectivity index (χ1) is 7.84. The molecule has 0 aliphatic carbocycles. The number of nitrogens with two attached hydrogens (primary N) is 1. The molecule has 0 aliphatic heterocycles. The average Bonchev–Trinajstić information content (AvgIpc) is 2.19. The van der Waals surface area contributed by atoms with Gasteiger partial charge in [0.05, 0.1) is 11.3 Å². The number of halogens is 4. The molecule has 3 N–H and O–H groups in total. The van der Waals surface area contributed by atoms with E-state index in [1.807, 2.05) is 0 Å². The average molecular weight is 310 g/mol. The highest BCUT2D eigenvalue weighted by molar-refractivity contribution is 9.10. The zero-order chi connectivity index (χ0) is 13.1. The van der Waals surface area contributed by atoms with Crippen LogP contribution in [0.2, 0.25) is 0 Å². The molecule has 0 bridgehead atoms. The molecule has 17 heavy (non-hydrogen) atoms. The van der Waals surface area contributed by atoms with Gasteiger partial charge in [0.1, 0.15) is 0 Å². The molecule has 1 rings (SSSR count). The molecule has 0 unspecified atom stereocenters. The third-order valence-corrected chi connectivity index (χ3v) is 2.37. The first-order valence-electron chi connectivity index (χ1n) is 4.78. The highest BCUT2D eigenvalue weighted by Crippen LogP contribution is 2.36. The van der Waals surface area contributed by atoms with Gasteiger partial charge in [0.25, 0.3) is 0 Å². The molecule has 0 amide bonds. The van der Waals surface area contributed by atoms with Crippen LogP contribution in [0.3, 0.4) is 0 Å². The van der Waals surface area contributed by atoms with Gasteiger partial charge in [-0.2, -0.15) is 13.2 Å². The van der Waals surface area contributed by atoms with E-state index in [4.69, 9.17) is 5.73 Å². The fraction of sp³-hybridized carbons (Fsp3) is 0.300. The Kier molecular flexibility index (Phi) is 4.39. The van der Waals surface area contributed by atoms with Crippen molar-refractivity contribution < 1.29 is 13.2 Å². The summed E-state index contributed by atoms with van der Waals surface area (Å²) in [7, 11) is 0. The highest BCUT2D eigenvalue weighted by atomic mass is 79.9. The summed E-state index contributed by atoms with van der Waals surface area (Å²) >= 11 is 3.00. The van der Waals surface area contributed by atoms with E-state index in [9.17, 15) is 13.2 Å². The van der Waals surface area contributed by atoms with Crippen molar-refractivity contribution in [2.24, 2.45) is 10.7 Å². The van der Waals surface area contributed by atoms with Crippen LogP contribution in [0.5, 0.6) is 0 Å². The van der Waals surface area contributed by atoms with Gasteiger partial charge in [0.2, 0.25) is 0 Å². The lowest BCUT2D eigenvalue weighted by Gasteiger charge is -2.14. The van der Waals surface area contributed by atoms with Gasteiger partial charge in [-0.05, 0) is 25.1 Å². The van der Waals surface area contributed by atoms with Crippen molar-refractivity contribution >= 4 is 27.6 Å². The van der Waals surface area contributed by atoms with E-state index in [0.717, 1.165) is 6.07 Å². The smallest absolute Gasteiger partial charge is 0.370 e. The standard InChI is InChI=1S/C10H11BrF3N3/c1-2-16-9(15)17-8-4-3-6(11)5-7(8)10(12,13)14/h3-5H,2H2,1H3,(H3,15,16,17). The second kappa shape index (κ2) is 5.39. The van der Waals surface area contributed by atoms with Crippen LogP contribution < -0.4 is 11.1 Å². The van der Waals surface area contributed by atoms with Crippen LogP contribution in [0.4, 0.5) is 18.9 Å². The fourth-order valence-electron chi connectivity index (χ4n) is 1.21. The number of guanidine groups is 1. The zero-order valence-corrected chi connectivity index (χ0v) is 10.6. The summed E-state index contributed by atoms with van der Waals surface area (Å²) < 4.78 is 38.5. The minimum atomic E-state index is -4.45. The molecule has 0 spiro atoms. The normalized spacial score (nSPS) is 12.6. The van der Waals surface area contributed by atoms with Gasteiger partial charge in [-0.15, -0.1) is 0 Å². The summed E-state index contributed by atoms with van der Waals surface area (Å²) in [6.07, 6.45) is -4.45. The Balaban J connectivity index is 3.11. The molecule has 0 aliphatic rings. The van der Waals surface area contributed by atoms with Crippen molar-refractivity contribution in [3.05, 3.63) is 28.2 Å². The first-order valence-corrected chi connectivity index (χ1v) is 5.57. The van der Waals surface area contributed by atoms with Gasteiger partial charge in [0, 0.05) is 11.0 Å². The lowest BCUT2D eigenvalue weighted by atomic mass is 10.1. The second-order valence-corrected chi connectivity index (χ2v) is 4.09. The predicted molar refractivity (Wildman–Crippen MR) is 64.9 cm³/mol. The van der Waals surface area contributed by atoms with Crippen LogP contribution in [0.1, 0.15) is 12.5 Å². The molecule has 0 saturated carbocycles. The van der Waals surface area contributed by atoms with Gasteiger partial charge < -0.3 is 11.1 Å². The van der Waals surface area contributed by atoms with Crippen LogP contribution >= 0.6 is 15.9 Å². The Bertz CT molecular complexity index is 429. The predicted octanol–water partition coefficient (Wildman–Crippen LogP) is 3.21. The van der Waals surface area contributed by atoms with Crippen LogP contribution in [0.25, 0.3) is 0 Å². The lowest BCUT2D eigenvalue weighted by molar-refractivity contribution is -0.136. The molecule has 0 saturated heterocycles. The van der Waals surface area contributed by atoms with E-state index >= 15 is 0 Å². The topological polar surface area (TPSA) is 50.4 Å². The highest BCUT2D eigenvalue weighted by Gasteiger charge is 2.33. The van der Waals surface area contributed by atoms with Crippen molar-refractivity contribution in [2.45, 2.75) is 13.1 Å². The first kappa shape index (κ1) is 13.8. The molecule has 0 aromatic heterocycles. The second-order valence-electron chi connectivity index (χ2n) is 3.17. The third kappa shape index (κ3) is 3.92. The zero-order valence-electron chi connectivity index (χ0n) is 8.98. The van der Waals surface area contributed by atoms with Crippen LogP contribution in [0.15, 0.2) is 27.7 Å². The molecular weight excluding hydrogens is 299 g/mol. The molecule has 0 atom stereocenters. The summed E-state index contributed by atoms with van der Waals surface area (Å²) in [5.74, 6) is -0.0414. The van der Waals surface area contributed by atoms with Gasteiger partial charge >= 0.3 is 6.18 Å². The number of nitrogens with one attached hydrogen (secondary N) is 1. The Morgan fingerprint density at radius 1 is 1.47 bits per heavy atom. The maximum atomic E-state index is 12.7. The maximum absolute atomic E-state index is 12.7. The van der Waals surface area contributed by atoms with Crippen LogP contribution in [0, 0.1) is 0 Å². The van der Waals surface area contributed by atoms with E-state index in [1.165, 1.54) is 12.1 Å². The van der Waals surface area contributed by atoms with Crippen molar-refractivity contribution in [2.75, 3.05) is 11.9 Å². The van der Waals surface area contributed by atoms with E-state index < -0.39 is 11.7 Å². The van der Waals surface area contributed by atoms with Crippen LogP contribution in [-0.2, 0) is 6.18 Å². The van der Waals surface area contributed by atoms with E-state index in [-0.39, 0.29) is 11.6 Å². The van der Waals surface area contributed by atoms with Crippen molar-refractivity contribution in [3.8, 4) is 0 Å². The number of nitrogens with zero attached hydrogens (tertiary/aromatic N) is 1. The maximum Gasteiger partial charge on any atom is 0.418 e. The minimum absolute atomic E-state index is 0.0414. The molecule has 3 nitrogen and oxygen atoms in total. The lowest BCUT2D eigenvalue weighted by Crippen LogP contribution is -2.24. The molecular formula is C10H11BrF3N3. The van der Waals surface area contributed by atoms with Gasteiger partial charge in [-0.3, -0.25) is 4.99 Å². The quantitative estimate of drug-likeness (QED) is 0.651. The SMILES string of the molecule is CCN=C(N)Nc1ccc(Br)cc1C(F)(F)F. The molecule has 0 fully saturated rings. The van der Waals surface area contributed by atoms with E-state index in [0.29, 0.717) is 11.0 Å². The summed E-state index contributed by atoms with van der Waals surface area (Å²) in [6.45, 7) is 2.14. The third-order valence-electron chi connectivity index (χ3n) is 1.88. The number of hydrogen-bond acceptors (Lipinski definition) is 1.